The van der Waals surface area contributed by atoms with Gasteiger partial charge < -0.3 is 15.2 Å². The molecule has 2 aromatic heterocycles. The molecule has 2 heterocycles. The van der Waals surface area contributed by atoms with E-state index in [1.165, 1.54) is 7.05 Å². The molecule has 0 radical (unpaired) electrons. The van der Waals surface area contributed by atoms with Crippen LogP contribution in [-0.4, -0.2) is 39.1 Å². The molecule has 9 heteroatoms. The van der Waals surface area contributed by atoms with Crippen LogP contribution in [0.3, 0.4) is 0 Å². The number of nitrogens with one attached hydrogen (secondary N) is 1. The number of aliphatic hydroxyl groups is 1. The number of pyridine rings is 1. The van der Waals surface area contributed by atoms with Crippen molar-refractivity contribution in [2.45, 2.75) is 18.8 Å². The van der Waals surface area contributed by atoms with E-state index in [0.717, 1.165) is 27.2 Å². The molecule has 0 bridgehead atoms. The largest absolute Gasteiger partial charge is 0.476 e. The Balaban J connectivity index is 1.58. The quantitative estimate of drug-likeness (QED) is 0.659. The first-order valence-electron chi connectivity index (χ1n) is 8.29. The summed E-state index contributed by atoms with van der Waals surface area (Å²) in [4.78, 5) is 4.36. The van der Waals surface area contributed by atoms with Crippen molar-refractivity contribution in [3.05, 3.63) is 53.9 Å². The van der Waals surface area contributed by atoms with Crippen LogP contribution in [-0.2, 0) is 19.8 Å². The minimum absolute atomic E-state index is 0.00561. The molecule has 2 N–H and O–H groups in total. The Bertz CT molecular complexity index is 911. The lowest BCUT2D eigenvalue weighted by Crippen LogP contribution is -2.37. The van der Waals surface area contributed by atoms with Crippen LogP contribution < -0.4 is 10.1 Å². The molecule has 0 aliphatic carbocycles. The van der Waals surface area contributed by atoms with Gasteiger partial charge in [-0.25, -0.2) is 4.68 Å². The Hall–Kier alpha value is -2.65. The van der Waals surface area contributed by atoms with Gasteiger partial charge in [-0.05, 0) is 17.7 Å². The molecule has 3 rings (SSSR count). The predicted octanol–water partition coefficient (Wildman–Crippen LogP) is 2.52. The molecule has 144 valence electrons. The zero-order valence-electron chi connectivity index (χ0n) is 14.6. The molecule has 6 nitrogen and oxygen atoms in total. The number of alkyl halides is 3. The fourth-order valence-electron chi connectivity index (χ4n) is 2.56. The molecule has 0 saturated carbocycles. The van der Waals surface area contributed by atoms with Crippen molar-refractivity contribution in [1.29, 1.82) is 0 Å². The second-order valence-electron chi connectivity index (χ2n) is 6.10. The zero-order chi connectivity index (χ0) is 19.4. The lowest BCUT2D eigenvalue weighted by molar-refractivity contribution is -0.141. The first-order chi connectivity index (χ1) is 12.9. The fourth-order valence-corrected chi connectivity index (χ4v) is 2.56. The highest BCUT2D eigenvalue weighted by molar-refractivity contribution is 5.78. The number of aromatic nitrogens is 3. The molecule has 0 amide bonds. The van der Waals surface area contributed by atoms with Crippen LogP contribution in [0.25, 0.3) is 10.9 Å². The summed E-state index contributed by atoms with van der Waals surface area (Å²) in [6.45, 7) is 0.199. The molecule has 1 aromatic carbocycles. The van der Waals surface area contributed by atoms with Crippen molar-refractivity contribution < 1.29 is 23.0 Å². The van der Waals surface area contributed by atoms with E-state index >= 15 is 0 Å². The lowest BCUT2D eigenvalue weighted by Gasteiger charge is -2.17. The number of hydrogen-bond acceptors (Lipinski definition) is 5. The van der Waals surface area contributed by atoms with Crippen molar-refractivity contribution in [1.82, 2.24) is 20.1 Å². The van der Waals surface area contributed by atoms with Gasteiger partial charge in [0.25, 0.3) is 0 Å². The molecule has 1 unspecified atom stereocenters. The molecule has 0 aliphatic rings. The number of fused-ring (bicyclic) bond motifs is 1. The van der Waals surface area contributed by atoms with Crippen LogP contribution >= 0.6 is 0 Å². The Labute approximate surface area is 153 Å². The summed E-state index contributed by atoms with van der Waals surface area (Å²) < 4.78 is 44.4. The highest BCUT2D eigenvalue weighted by Crippen LogP contribution is 2.30. The van der Waals surface area contributed by atoms with Crippen LogP contribution in [0.5, 0.6) is 5.88 Å². The summed E-state index contributed by atoms with van der Waals surface area (Å²) in [7, 11) is 1.37. The monoisotopic (exact) mass is 380 g/mol. The smallest absolute Gasteiger partial charge is 0.435 e. The average molecular weight is 380 g/mol. The van der Waals surface area contributed by atoms with Crippen molar-refractivity contribution in [2.75, 3.05) is 13.2 Å². The van der Waals surface area contributed by atoms with Crippen LogP contribution in [0.2, 0.25) is 0 Å². The minimum Gasteiger partial charge on any atom is -0.476 e. The van der Waals surface area contributed by atoms with Crippen LogP contribution in [0.15, 0.2) is 42.6 Å². The van der Waals surface area contributed by atoms with Crippen molar-refractivity contribution in [3.63, 3.8) is 0 Å². The van der Waals surface area contributed by atoms with E-state index in [1.807, 2.05) is 30.3 Å². The Morgan fingerprint density at radius 1 is 1.26 bits per heavy atom. The van der Waals surface area contributed by atoms with E-state index in [2.05, 4.69) is 15.4 Å². The third-order valence-corrected chi connectivity index (χ3v) is 4.02. The topological polar surface area (TPSA) is 72.2 Å². The van der Waals surface area contributed by atoms with Gasteiger partial charge >= 0.3 is 6.18 Å². The van der Waals surface area contributed by atoms with Gasteiger partial charge in [0.15, 0.2) is 5.69 Å². The van der Waals surface area contributed by atoms with Gasteiger partial charge in [0.05, 0.1) is 18.2 Å². The highest BCUT2D eigenvalue weighted by atomic mass is 19.4. The van der Waals surface area contributed by atoms with Crippen molar-refractivity contribution in [2.24, 2.45) is 7.05 Å². The molecule has 0 aliphatic heterocycles. The summed E-state index contributed by atoms with van der Waals surface area (Å²) in [5.74, 6) is -0.0186. The van der Waals surface area contributed by atoms with Crippen LogP contribution in [0, 0.1) is 0 Å². The number of halogens is 3. The van der Waals surface area contributed by atoms with Gasteiger partial charge in [0.2, 0.25) is 5.88 Å². The number of para-hydroxylation sites is 1. The van der Waals surface area contributed by atoms with E-state index < -0.39 is 17.9 Å². The Morgan fingerprint density at radius 3 is 2.74 bits per heavy atom. The second-order valence-corrected chi connectivity index (χ2v) is 6.10. The van der Waals surface area contributed by atoms with Crippen LogP contribution in [0.1, 0.15) is 11.3 Å². The van der Waals surface area contributed by atoms with E-state index in [4.69, 9.17) is 4.74 Å². The van der Waals surface area contributed by atoms with Crippen molar-refractivity contribution >= 4 is 10.9 Å². The molecule has 0 saturated heterocycles. The maximum atomic E-state index is 12.7. The first-order valence-corrected chi connectivity index (χ1v) is 8.29. The molecule has 1 atom stereocenters. The number of aliphatic hydroxyl groups excluding tert-OH is 1. The Kier molecular flexibility index (Phi) is 5.62. The van der Waals surface area contributed by atoms with E-state index in [9.17, 15) is 18.3 Å². The SMILES string of the molecule is Cn1nc(C(F)(F)F)cc1OCC(CO)NCc1cnc2ccccc2c1. The summed E-state index contributed by atoms with van der Waals surface area (Å²) in [6, 6.07) is 10.1. The molecular formula is C18H19F3N4O2. The van der Waals surface area contributed by atoms with E-state index in [1.54, 1.807) is 6.20 Å². The number of ether oxygens (including phenoxy) is 1. The third kappa shape index (κ3) is 4.75. The highest BCUT2D eigenvalue weighted by Gasteiger charge is 2.35. The number of hydrogen-bond donors (Lipinski definition) is 2. The fraction of sp³-hybridized carbons (Fsp3) is 0.333. The van der Waals surface area contributed by atoms with Gasteiger partial charge in [-0.1, -0.05) is 18.2 Å². The summed E-state index contributed by atoms with van der Waals surface area (Å²) in [5, 5.41) is 17.0. The van der Waals surface area contributed by atoms with E-state index in [0.29, 0.717) is 6.54 Å². The van der Waals surface area contributed by atoms with Gasteiger partial charge in [-0.15, -0.1) is 0 Å². The maximum Gasteiger partial charge on any atom is 0.435 e. The third-order valence-electron chi connectivity index (χ3n) is 4.02. The summed E-state index contributed by atoms with van der Waals surface area (Å²) in [6.07, 6.45) is -2.79. The van der Waals surface area contributed by atoms with Gasteiger partial charge in [0, 0.05) is 31.2 Å². The van der Waals surface area contributed by atoms with Gasteiger partial charge in [-0.2, -0.15) is 18.3 Å². The second kappa shape index (κ2) is 7.93. The summed E-state index contributed by atoms with van der Waals surface area (Å²) >= 11 is 0. The zero-order valence-corrected chi connectivity index (χ0v) is 14.6. The Morgan fingerprint density at radius 2 is 2.04 bits per heavy atom. The minimum atomic E-state index is -4.53. The predicted molar refractivity (Wildman–Crippen MR) is 93.2 cm³/mol. The van der Waals surface area contributed by atoms with E-state index in [-0.39, 0.29) is 19.1 Å². The molecule has 0 spiro atoms. The number of benzene rings is 1. The maximum absolute atomic E-state index is 12.7. The molecule has 3 aromatic rings. The first kappa shape index (κ1) is 19.1. The van der Waals surface area contributed by atoms with Gasteiger partial charge in [-0.3, -0.25) is 4.98 Å². The standard InChI is InChI=1S/C18H19F3N4O2/c1-25-17(7-16(24-25)18(19,20)21)27-11-14(10-26)22-8-12-6-13-4-2-3-5-15(13)23-9-12/h2-7,9,14,22,26H,8,10-11H2,1H3. The average Bonchev–Trinajstić information content (AvgIpc) is 3.03. The van der Waals surface area contributed by atoms with Crippen molar-refractivity contribution in [3.8, 4) is 5.88 Å². The molecule has 0 fully saturated rings. The number of aryl methyl sites for hydroxylation is 1. The molecule has 27 heavy (non-hydrogen) atoms. The summed E-state index contributed by atoms with van der Waals surface area (Å²) in [5.41, 5.74) is 0.794. The van der Waals surface area contributed by atoms with Gasteiger partial charge in [0.1, 0.15) is 6.61 Å². The number of rotatable bonds is 7. The normalized spacial score (nSPS) is 13.1. The molecular weight excluding hydrogens is 361 g/mol. The van der Waals surface area contributed by atoms with Crippen LogP contribution in [0.4, 0.5) is 13.2 Å². The lowest BCUT2D eigenvalue weighted by atomic mass is 10.1. The number of nitrogens with zero attached hydrogens (tertiary/aromatic N) is 3.